The number of nitrogens with zero attached hydrogens (tertiary/aromatic N) is 6. The molecule has 0 unspecified atom stereocenters. The molecule has 2 saturated heterocycles. The number of aromatic nitrogens is 3. The average Bonchev–Trinajstić information content (AvgIpc) is 2.97. The Morgan fingerprint density at radius 2 is 1.39 bits per heavy atom. The van der Waals surface area contributed by atoms with E-state index in [0.29, 0.717) is 26.2 Å². The summed E-state index contributed by atoms with van der Waals surface area (Å²) in [4.78, 5) is 2.33. The fraction of sp³-hybridized carbons (Fsp3) is 0.857. The zero-order chi connectivity index (χ0) is 16.1. The maximum absolute atomic E-state index is 12.8. The van der Waals surface area contributed by atoms with Crippen LogP contribution in [0.15, 0.2) is 12.7 Å². The molecule has 0 bridgehead atoms. The second-order valence-electron chi connectivity index (χ2n) is 6.26. The summed E-state index contributed by atoms with van der Waals surface area (Å²) in [5.74, 6) is 0. The van der Waals surface area contributed by atoms with Crippen molar-refractivity contribution >= 4 is 10.2 Å². The van der Waals surface area contributed by atoms with E-state index in [1.54, 1.807) is 21.3 Å². The fourth-order valence-corrected chi connectivity index (χ4v) is 4.97. The van der Waals surface area contributed by atoms with Gasteiger partial charge in [-0.05, 0) is 25.8 Å². The second kappa shape index (κ2) is 7.69. The standard InChI is InChI=1S/C14H26N6O2S/c21-23(22,19-6-2-1-3-7-19)20-8-4-5-17(11-12-20)9-10-18-13-15-16-14-18/h13-14H,1-12H2. The van der Waals surface area contributed by atoms with Gasteiger partial charge in [0.1, 0.15) is 12.7 Å². The molecule has 3 heterocycles. The van der Waals surface area contributed by atoms with Gasteiger partial charge in [0.15, 0.2) is 0 Å². The molecule has 1 aromatic heterocycles. The lowest BCUT2D eigenvalue weighted by molar-refractivity contribution is 0.269. The molecule has 0 amide bonds. The number of rotatable bonds is 5. The highest BCUT2D eigenvalue weighted by Gasteiger charge is 2.31. The van der Waals surface area contributed by atoms with Crippen LogP contribution in [0.1, 0.15) is 25.7 Å². The number of hydrogen-bond donors (Lipinski definition) is 0. The Kier molecular flexibility index (Phi) is 5.62. The molecule has 23 heavy (non-hydrogen) atoms. The topological polar surface area (TPSA) is 74.6 Å². The van der Waals surface area contributed by atoms with Gasteiger partial charge >= 0.3 is 0 Å². The molecule has 9 heteroatoms. The third kappa shape index (κ3) is 4.28. The minimum atomic E-state index is -3.28. The van der Waals surface area contributed by atoms with Gasteiger partial charge in [0.25, 0.3) is 10.2 Å². The molecule has 0 radical (unpaired) electrons. The molecular weight excluding hydrogens is 316 g/mol. The number of piperidine rings is 1. The van der Waals surface area contributed by atoms with Crippen LogP contribution in [0, 0.1) is 0 Å². The Morgan fingerprint density at radius 3 is 2.13 bits per heavy atom. The Morgan fingerprint density at radius 1 is 0.739 bits per heavy atom. The van der Waals surface area contributed by atoms with E-state index in [1.807, 2.05) is 4.57 Å². The summed E-state index contributed by atoms with van der Waals surface area (Å²) in [7, 11) is -3.28. The quantitative estimate of drug-likeness (QED) is 0.754. The van der Waals surface area contributed by atoms with Gasteiger partial charge in [0.2, 0.25) is 0 Å². The first-order valence-electron chi connectivity index (χ1n) is 8.46. The summed E-state index contributed by atoms with van der Waals surface area (Å²) in [5.41, 5.74) is 0. The maximum Gasteiger partial charge on any atom is 0.282 e. The zero-order valence-corrected chi connectivity index (χ0v) is 14.4. The van der Waals surface area contributed by atoms with Crippen LogP contribution < -0.4 is 0 Å². The molecule has 0 aliphatic carbocycles. The first kappa shape index (κ1) is 16.8. The van der Waals surface area contributed by atoms with Crippen LogP contribution in [0.25, 0.3) is 0 Å². The molecule has 2 aliphatic heterocycles. The lowest BCUT2D eigenvalue weighted by Gasteiger charge is -2.31. The first-order chi connectivity index (χ1) is 11.2. The van der Waals surface area contributed by atoms with Gasteiger partial charge < -0.3 is 9.47 Å². The van der Waals surface area contributed by atoms with Gasteiger partial charge in [0.05, 0.1) is 0 Å². The normalized spacial score (nSPS) is 23.0. The molecule has 3 rings (SSSR count). The first-order valence-corrected chi connectivity index (χ1v) is 9.86. The predicted octanol–water partition coefficient (Wildman–Crippen LogP) is 0.0165. The van der Waals surface area contributed by atoms with Gasteiger partial charge in [0, 0.05) is 45.8 Å². The van der Waals surface area contributed by atoms with Crippen molar-refractivity contribution in [1.82, 2.24) is 28.3 Å². The summed E-state index contributed by atoms with van der Waals surface area (Å²) in [6.07, 6.45) is 7.42. The summed E-state index contributed by atoms with van der Waals surface area (Å²) < 4.78 is 30.8. The Labute approximate surface area is 138 Å². The van der Waals surface area contributed by atoms with Gasteiger partial charge in [-0.1, -0.05) is 6.42 Å². The second-order valence-corrected chi connectivity index (χ2v) is 8.19. The van der Waals surface area contributed by atoms with Crippen molar-refractivity contribution in [3.05, 3.63) is 12.7 Å². The molecule has 1 aromatic rings. The molecule has 0 N–H and O–H groups in total. The lowest BCUT2D eigenvalue weighted by atomic mass is 10.2. The van der Waals surface area contributed by atoms with Crippen molar-refractivity contribution in [3.63, 3.8) is 0 Å². The molecule has 0 saturated carbocycles. The summed E-state index contributed by atoms with van der Waals surface area (Å²) in [6.45, 7) is 6.03. The van der Waals surface area contributed by atoms with E-state index in [4.69, 9.17) is 0 Å². The van der Waals surface area contributed by atoms with E-state index >= 15 is 0 Å². The smallest absolute Gasteiger partial charge is 0.282 e. The minimum absolute atomic E-state index is 0.584. The molecule has 8 nitrogen and oxygen atoms in total. The van der Waals surface area contributed by atoms with Crippen molar-refractivity contribution in [2.45, 2.75) is 32.2 Å². The average molecular weight is 342 g/mol. The Hall–Kier alpha value is -1.03. The van der Waals surface area contributed by atoms with Crippen LogP contribution in [0.2, 0.25) is 0 Å². The van der Waals surface area contributed by atoms with Crippen LogP contribution in [-0.4, -0.2) is 82.5 Å². The monoisotopic (exact) mass is 342 g/mol. The van der Waals surface area contributed by atoms with E-state index in [0.717, 1.165) is 51.9 Å². The Bertz CT molecular complexity index is 570. The largest absolute Gasteiger partial charge is 0.319 e. The van der Waals surface area contributed by atoms with Crippen LogP contribution in [-0.2, 0) is 16.8 Å². The molecule has 130 valence electrons. The van der Waals surface area contributed by atoms with Crippen molar-refractivity contribution in [2.75, 3.05) is 45.8 Å². The number of hydrogen-bond acceptors (Lipinski definition) is 5. The van der Waals surface area contributed by atoms with E-state index in [-0.39, 0.29) is 0 Å². The van der Waals surface area contributed by atoms with Gasteiger partial charge in [-0.3, -0.25) is 0 Å². The summed E-state index contributed by atoms with van der Waals surface area (Å²) >= 11 is 0. The predicted molar refractivity (Wildman–Crippen MR) is 87.0 cm³/mol. The van der Waals surface area contributed by atoms with Crippen LogP contribution >= 0.6 is 0 Å². The van der Waals surface area contributed by atoms with Crippen LogP contribution in [0.5, 0.6) is 0 Å². The van der Waals surface area contributed by atoms with Crippen molar-refractivity contribution < 1.29 is 8.42 Å². The van der Waals surface area contributed by atoms with Crippen molar-refractivity contribution in [3.8, 4) is 0 Å². The molecule has 2 aliphatic rings. The lowest BCUT2D eigenvalue weighted by Crippen LogP contribution is -2.47. The van der Waals surface area contributed by atoms with Crippen molar-refractivity contribution in [1.29, 1.82) is 0 Å². The minimum Gasteiger partial charge on any atom is -0.319 e. The summed E-state index contributed by atoms with van der Waals surface area (Å²) in [5, 5.41) is 7.60. The zero-order valence-electron chi connectivity index (χ0n) is 13.5. The Balaban J connectivity index is 1.53. The molecule has 0 aromatic carbocycles. The summed E-state index contributed by atoms with van der Waals surface area (Å²) in [6, 6.07) is 0. The van der Waals surface area contributed by atoms with Crippen molar-refractivity contribution in [2.24, 2.45) is 0 Å². The van der Waals surface area contributed by atoms with Gasteiger partial charge in [-0.2, -0.15) is 17.0 Å². The molecule has 2 fully saturated rings. The van der Waals surface area contributed by atoms with E-state index in [1.165, 1.54) is 0 Å². The third-order valence-electron chi connectivity index (χ3n) is 4.66. The van der Waals surface area contributed by atoms with Crippen LogP contribution in [0.4, 0.5) is 0 Å². The SMILES string of the molecule is O=S(=O)(N1CCCCC1)N1CCCN(CCn2cnnc2)CC1. The molecule has 0 atom stereocenters. The highest BCUT2D eigenvalue weighted by Crippen LogP contribution is 2.18. The third-order valence-corrected chi connectivity index (χ3v) is 6.69. The molecular formula is C14H26N6O2S. The fourth-order valence-electron chi connectivity index (χ4n) is 3.25. The van der Waals surface area contributed by atoms with E-state index < -0.39 is 10.2 Å². The van der Waals surface area contributed by atoms with Gasteiger partial charge in [-0.25, -0.2) is 0 Å². The maximum atomic E-state index is 12.8. The van der Waals surface area contributed by atoms with Crippen LogP contribution in [0.3, 0.4) is 0 Å². The molecule has 0 spiro atoms. The highest BCUT2D eigenvalue weighted by molar-refractivity contribution is 7.86. The van der Waals surface area contributed by atoms with E-state index in [9.17, 15) is 8.42 Å². The van der Waals surface area contributed by atoms with E-state index in [2.05, 4.69) is 15.1 Å². The van der Waals surface area contributed by atoms with Gasteiger partial charge in [-0.15, -0.1) is 10.2 Å². The highest BCUT2D eigenvalue weighted by atomic mass is 32.2.